The Kier molecular flexibility index (Phi) is 6.20. The van der Waals surface area contributed by atoms with Crippen molar-refractivity contribution in [3.63, 3.8) is 0 Å². The minimum atomic E-state index is -4.45. The van der Waals surface area contributed by atoms with Crippen LogP contribution in [-0.4, -0.2) is 53.0 Å². The number of alkyl halides is 3. The summed E-state index contributed by atoms with van der Waals surface area (Å²) in [7, 11) is 0. The lowest BCUT2D eigenvalue weighted by Crippen LogP contribution is -2.39. The summed E-state index contributed by atoms with van der Waals surface area (Å²) in [4.78, 5) is 21.5. The first-order valence-corrected chi connectivity index (χ1v) is 12.6. The zero-order valence-electron chi connectivity index (χ0n) is 21.4. The summed E-state index contributed by atoms with van der Waals surface area (Å²) in [5, 5.41) is 6.74. The number of pyridine rings is 2. The van der Waals surface area contributed by atoms with Gasteiger partial charge in [0.1, 0.15) is 29.2 Å². The van der Waals surface area contributed by atoms with Crippen molar-refractivity contribution in [3.8, 4) is 22.8 Å². The van der Waals surface area contributed by atoms with E-state index in [-0.39, 0.29) is 30.1 Å². The Labute approximate surface area is 226 Å². The van der Waals surface area contributed by atoms with Gasteiger partial charge in [0.05, 0.1) is 18.0 Å². The molecule has 0 atom stereocenters. The number of hydrogen-bond donors (Lipinski definition) is 2. The van der Waals surface area contributed by atoms with E-state index in [1.165, 1.54) is 6.33 Å². The Morgan fingerprint density at radius 3 is 2.48 bits per heavy atom. The van der Waals surface area contributed by atoms with Crippen molar-refractivity contribution in [3.05, 3.63) is 72.4 Å². The summed E-state index contributed by atoms with van der Waals surface area (Å²) in [6, 6.07) is 13.0. The van der Waals surface area contributed by atoms with E-state index in [0.29, 0.717) is 35.7 Å². The van der Waals surface area contributed by atoms with Crippen LogP contribution in [0.2, 0.25) is 0 Å². The van der Waals surface area contributed by atoms with Gasteiger partial charge in [-0.15, -0.1) is 0 Å². The third-order valence-corrected chi connectivity index (χ3v) is 6.74. The van der Waals surface area contributed by atoms with Gasteiger partial charge in [-0.25, -0.2) is 24.6 Å². The number of nitrogens with one attached hydrogen (secondary N) is 1. The number of halogens is 3. The molecule has 40 heavy (non-hydrogen) atoms. The molecule has 0 saturated heterocycles. The molecule has 1 aliphatic carbocycles. The smallest absolute Gasteiger partial charge is 0.411 e. The third kappa shape index (κ3) is 4.85. The summed E-state index contributed by atoms with van der Waals surface area (Å²) in [6.45, 7) is 2.33. The summed E-state index contributed by atoms with van der Waals surface area (Å²) in [6.07, 6.45) is 0.502. The Morgan fingerprint density at radius 1 is 1.05 bits per heavy atom. The van der Waals surface area contributed by atoms with E-state index in [2.05, 4.69) is 30.4 Å². The SMILES string of the molecule is CCOc1ccc(-c2cc(Cc3ccc(-n4cncn4)cc3)c3nc(N)nc(NC4(C(F)(F)F)CC4)c3n2)cn1. The van der Waals surface area contributed by atoms with Crippen LogP contribution in [0.4, 0.5) is 24.9 Å². The number of nitrogens with two attached hydrogens (primary N) is 1. The van der Waals surface area contributed by atoms with Gasteiger partial charge in [0.2, 0.25) is 11.8 Å². The average Bonchev–Trinajstić information content (AvgIpc) is 3.53. The van der Waals surface area contributed by atoms with Gasteiger partial charge in [0.15, 0.2) is 5.82 Å². The fraction of sp³-hybridized carbons (Fsp3) is 0.259. The number of rotatable bonds is 8. The molecule has 0 radical (unpaired) electrons. The second-order valence-corrected chi connectivity index (χ2v) is 9.50. The van der Waals surface area contributed by atoms with Crippen molar-refractivity contribution in [2.75, 3.05) is 17.7 Å². The molecular formula is C27H24F3N9O. The second-order valence-electron chi connectivity index (χ2n) is 9.50. The largest absolute Gasteiger partial charge is 0.478 e. The summed E-state index contributed by atoms with van der Waals surface area (Å²) in [5.74, 6) is 0.257. The number of benzene rings is 1. The van der Waals surface area contributed by atoms with E-state index in [4.69, 9.17) is 15.5 Å². The summed E-state index contributed by atoms with van der Waals surface area (Å²) in [5.41, 5.74) is 8.16. The highest BCUT2D eigenvalue weighted by atomic mass is 19.4. The van der Waals surface area contributed by atoms with Gasteiger partial charge in [0.25, 0.3) is 0 Å². The molecule has 13 heteroatoms. The Balaban J connectivity index is 1.45. The molecule has 0 unspecified atom stereocenters. The van der Waals surface area contributed by atoms with Crippen LogP contribution in [0, 0.1) is 0 Å². The predicted octanol–water partition coefficient (Wildman–Crippen LogP) is 4.75. The molecule has 4 aromatic heterocycles. The number of aromatic nitrogens is 7. The van der Waals surface area contributed by atoms with E-state index in [9.17, 15) is 13.2 Å². The van der Waals surface area contributed by atoms with E-state index < -0.39 is 11.7 Å². The lowest BCUT2D eigenvalue weighted by molar-refractivity contribution is -0.151. The highest BCUT2D eigenvalue weighted by Gasteiger charge is 2.64. The van der Waals surface area contributed by atoms with Crippen molar-refractivity contribution in [1.29, 1.82) is 0 Å². The maximum Gasteiger partial charge on any atom is 0.411 e. The number of hydrogen-bond acceptors (Lipinski definition) is 9. The Hall–Kier alpha value is -4.81. The quantitative estimate of drug-likeness (QED) is 0.283. The van der Waals surface area contributed by atoms with Crippen LogP contribution in [0.25, 0.3) is 28.0 Å². The molecule has 1 fully saturated rings. The third-order valence-electron chi connectivity index (χ3n) is 6.74. The zero-order chi connectivity index (χ0) is 27.9. The average molecular weight is 548 g/mol. The number of nitrogen functional groups attached to an aromatic ring is 1. The molecular weight excluding hydrogens is 523 g/mol. The molecule has 1 aromatic carbocycles. The molecule has 5 aromatic rings. The maximum absolute atomic E-state index is 13.8. The fourth-order valence-electron chi connectivity index (χ4n) is 4.48. The number of fused-ring (bicyclic) bond motifs is 1. The van der Waals surface area contributed by atoms with Crippen molar-refractivity contribution in [2.24, 2.45) is 0 Å². The molecule has 1 aliphatic rings. The van der Waals surface area contributed by atoms with E-state index in [0.717, 1.165) is 16.8 Å². The van der Waals surface area contributed by atoms with Crippen LogP contribution in [0.5, 0.6) is 5.88 Å². The van der Waals surface area contributed by atoms with E-state index in [1.54, 1.807) is 29.3 Å². The lowest BCUT2D eigenvalue weighted by Gasteiger charge is -2.22. The molecule has 0 aliphatic heterocycles. The molecule has 3 N–H and O–H groups in total. The number of nitrogens with zero attached hydrogens (tertiary/aromatic N) is 7. The van der Waals surface area contributed by atoms with Crippen LogP contribution >= 0.6 is 0 Å². The van der Waals surface area contributed by atoms with Gasteiger partial charge in [0, 0.05) is 17.8 Å². The first kappa shape index (κ1) is 25.5. The first-order valence-electron chi connectivity index (χ1n) is 12.6. The fourth-order valence-corrected chi connectivity index (χ4v) is 4.48. The predicted molar refractivity (Wildman–Crippen MR) is 142 cm³/mol. The monoisotopic (exact) mass is 547 g/mol. The Morgan fingerprint density at radius 2 is 1.85 bits per heavy atom. The zero-order valence-corrected chi connectivity index (χ0v) is 21.4. The second kappa shape index (κ2) is 9.74. The molecule has 0 spiro atoms. The minimum Gasteiger partial charge on any atom is -0.478 e. The van der Waals surface area contributed by atoms with E-state index >= 15 is 0 Å². The molecule has 10 nitrogen and oxygen atoms in total. The lowest BCUT2D eigenvalue weighted by atomic mass is 10.0. The normalized spacial score (nSPS) is 14.3. The van der Waals surface area contributed by atoms with Gasteiger partial charge < -0.3 is 15.8 Å². The van der Waals surface area contributed by atoms with Crippen molar-refractivity contribution < 1.29 is 17.9 Å². The van der Waals surface area contributed by atoms with Crippen molar-refractivity contribution in [1.82, 2.24) is 34.7 Å². The molecule has 1 saturated carbocycles. The van der Waals surface area contributed by atoms with Gasteiger partial charge in [-0.1, -0.05) is 12.1 Å². The first-order chi connectivity index (χ1) is 19.2. The number of anilines is 2. The molecule has 204 valence electrons. The summed E-state index contributed by atoms with van der Waals surface area (Å²) >= 11 is 0. The van der Waals surface area contributed by atoms with Crippen LogP contribution in [0.1, 0.15) is 30.9 Å². The van der Waals surface area contributed by atoms with Crippen LogP contribution in [0.3, 0.4) is 0 Å². The van der Waals surface area contributed by atoms with Gasteiger partial charge in [-0.3, -0.25) is 0 Å². The van der Waals surface area contributed by atoms with Gasteiger partial charge in [-0.2, -0.15) is 23.3 Å². The molecule has 0 bridgehead atoms. The van der Waals surface area contributed by atoms with Crippen LogP contribution < -0.4 is 15.8 Å². The van der Waals surface area contributed by atoms with Crippen molar-refractivity contribution in [2.45, 2.75) is 37.9 Å². The molecule has 4 heterocycles. The minimum absolute atomic E-state index is 0.0548. The van der Waals surface area contributed by atoms with Crippen molar-refractivity contribution >= 4 is 22.8 Å². The number of ether oxygens (including phenoxy) is 1. The molecule has 0 amide bonds. The highest BCUT2D eigenvalue weighted by Crippen LogP contribution is 2.51. The maximum atomic E-state index is 13.8. The van der Waals surface area contributed by atoms with Crippen LogP contribution in [-0.2, 0) is 6.42 Å². The topological polar surface area (TPSA) is 130 Å². The van der Waals surface area contributed by atoms with Gasteiger partial charge >= 0.3 is 6.18 Å². The molecule has 6 rings (SSSR count). The highest BCUT2D eigenvalue weighted by molar-refractivity contribution is 5.91. The standard InChI is InChI=1S/C27H24F3N9O/c1-2-40-21-8-5-17(13-33-21)20-12-18(11-16-3-6-19(7-4-16)39-15-32-14-34-39)22-23(35-20)24(37-25(31)36-22)38-26(9-10-26)27(28,29)30/h3-8,12-15H,2,9-11H2,1H3,(H3,31,36,37,38). The van der Waals surface area contributed by atoms with E-state index in [1.807, 2.05) is 37.3 Å². The van der Waals surface area contributed by atoms with Gasteiger partial charge in [-0.05, 0) is 61.6 Å². The summed E-state index contributed by atoms with van der Waals surface area (Å²) < 4.78 is 48.6. The van der Waals surface area contributed by atoms with Crippen LogP contribution in [0.15, 0.2) is 61.3 Å². The Bertz CT molecular complexity index is 1650.